The predicted molar refractivity (Wildman–Crippen MR) is 17.1 cm³/mol. The molecule has 0 aromatic rings. The number of hydrogen-bond donors (Lipinski definition) is 0. The summed E-state index contributed by atoms with van der Waals surface area (Å²) in [6.45, 7) is 13.5. The molecule has 0 spiro atoms. The van der Waals surface area contributed by atoms with Gasteiger partial charge in [-0.25, -0.2) is 0 Å². The van der Waals surface area contributed by atoms with E-state index in [1.165, 1.54) is 0 Å². The van der Waals surface area contributed by atoms with Crippen molar-refractivity contribution in [2.75, 3.05) is 0 Å². The van der Waals surface area contributed by atoms with Gasteiger partial charge in [0.15, 0.2) is 0 Å². The molecule has 0 fully saturated rings. The first-order valence-electron chi connectivity index (χ1n) is 0.612. The van der Waals surface area contributed by atoms with E-state index in [2.05, 4.69) is 20.4 Å². The molecule has 0 bridgehead atoms. The van der Waals surface area contributed by atoms with Crippen LogP contribution in [0.3, 0.4) is 0 Å². The molecular weight excluding hydrogens is 143 g/mol. The second-order valence-electron chi connectivity index (χ2n) is 0. The molecule has 6 radical (unpaired) electrons. The summed E-state index contributed by atoms with van der Waals surface area (Å²) in [5, 5.41) is 0. The van der Waals surface area contributed by atoms with Crippen molar-refractivity contribution in [3.8, 4) is 0 Å². The maximum Gasteiger partial charge on any atom is 0.281 e. The molecule has 0 amide bonds. The first-order chi connectivity index (χ1) is 3.00. The van der Waals surface area contributed by atoms with Gasteiger partial charge in [0, 0.05) is 16.5 Å². The smallest absolute Gasteiger partial charge is 0.281 e. The molecule has 0 atom stereocenters. The molecule has 4 heteroatoms. The summed E-state index contributed by atoms with van der Waals surface area (Å²) in [6, 6.07) is 0. The predicted octanol–water partition coefficient (Wildman–Crippen LogP) is -1.19. The molecule has 0 saturated carbocycles. The van der Waals surface area contributed by atoms with Crippen LogP contribution in [0.15, 0.2) is 0 Å². The van der Waals surface area contributed by atoms with Gasteiger partial charge in [-0.1, -0.05) is 0 Å². The third kappa shape index (κ3) is 274. The van der Waals surface area contributed by atoms with Crippen LogP contribution < -0.4 is 0 Å². The Labute approximate surface area is 52.0 Å². The van der Waals surface area contributed by atoms with Gasteiger partial charge >= 0.3 is 0 Å². The van der Waals surface area contributed by atoms with Crippen LogP contribution >= 0.6 is 0 Å². The van der Waals surface area contributed by atoms with Crippen molar-refractivity contribution in [2.24, 2.45) is 0 Å². The van der Waals surface area contributed by atoms with E-state index in [0.717, 1.165) is 0 Å². The van der Waals surface area contributed by atoms with Crippen molar-refractivity contribution >= 4 is 20.4 Å². The standard InChI is InChI=1S/3CO.Ni/c3*1-2;. The average Bonchev–Trinajstić information content (AvgIpc) is 1.81. The van der Waals surface area contributed by atoms with Crippen LogP contribution in [0.2, 0.25) is 0 Å². The fourth-order valence-electron chi connectivity index (χ4n) is 0. The normalized spacial score (nSPS) is 1.71. The Morgan fingerprint density at radius 1 is 0.571 bits per heavy atom. The Balaban J connectivity index is -0.00000000900. The van der Waals surface area contributed by atoms with Gasteiger partial charge in [0.2, 0.25) is 0 Å². The molecule has 0 N–H and O–H groups in total. The summed E-state index contributed by atoms with van der Waals surface area (Å²) in [4.78, 5) is 22.5. The zero-order chi connectivity index (χ0) is 6.00. The second-order valence-corrected chi connectivity index (χ2v) is 0. The molecule has 0 aliphatic heterocycles. The Morgan fingerprint density at radius 3 is 0.571 bits per heavy atom. The quantitative estimate of drug-likeness (QED) is 0.400. The zero-order valence-electron chi connectivity index (χ0n) is 3.04. The van der Waals surface area contributed by atoms with E-state index < -0.39 is 0 Å². The first kappa shape index (κ1) is 31.4. The van der Waals surface area contributed by atoms with Gasteiger partial charge in [0.05, 0.1) is 0 Å². The molecule has 0 heterocycles. The largest absolute Gasteiger partial charge is 0.281 e. The van der Waals surface area contributed by atoms with Gasteiger partial charge in [-0.2, -0.15) is 0 Å². The van der Waals surface area contributed by atoms with Crippen molar-refractivity contribution in [3.05, 3.63) is 0 Å². The zero-order valence-corrected chi connectivity index (χ0v) is 4.03. The van der Waals surface area contributed by atoms with Crippen LogP contribution in [0, 0.1) is 0 Å². The van der Waals surface area contributed by atoms with E-state index in [1.54, 1.807) is 0 Å². The minimum Gasteiger partial charge on any atom is -0.281 e. The Morgan fingerprint density at radius 2 is 0.571 bits per heavy atom. The van der Waals surface area contributed by atoms with Crippen LogP contribution in [0.25, 0.3) is 0 Å². The molecule has 0 rings (SSSR count). The van der Waals surface area contributed by atoms with E-state index in [-0.39, 0.29) is 16.5 Å². The average molecular weight is 143 g/mol. The van der Waals surface area contributed by atoms with Gasteiger partial charge in [0.25, 0.3) is 20.4 Å². The van der Waals surface area contributed by atoms with Gasteiger partial charge in [0.1, 0.15) is 0 Å². The summed E-state index contributed by atoms with van der Waals surface area (Å²) in [6.07, 6.45) is 0. The molecule has 0 aliphatic carbocycles. The van der Waals surface area contributed by atoms with Crippen molar-refractivity contribution in [2.45, 2.75) is 0 Å². The topological polar surface area (TPSA) is 51.2 Å². The maximum atomic E-state index is 7.50. The van der Waals surface area contributed by atoms with Crippen molar-refractivity contribution in [3.63, 3.8) is 0 Å². The molecule has 7 heavy (non-hydrogen) atoms. The fourth-order valence-corrected chi connectivity index (χ4v) is 0. The molecule has 0 aromatic carbocycles. The van der Waals surface area contributed by atoms with Crippen LogP contribution in [0.4, 0.5) is 0 Å². The molecule has 3 nitrogen and oxygen atoms in total. The summed E-state index contributed by atoms with van der Waals surface area (Å²) in [5.74, 6) is 0. The molecule has 40 valence electrons. The summed E-state index contributed by atoms with van der Waals surface area (Å²) in [7, 11) is 0. The Bertz CT molecular complexity index is 14.9. The van der Waals surface area contributed by atoms with Crippen molar-refractivity contribution in [1.82, 2.24) is 0 Å². The second kappa shape index (κ2) is 453. The maximum absolute atomic E-state index is 7.50. The molecule has 0 unspecified atom stereocenters. The third-order valence-electron chi connectivity index (χ3n) is 0. The third-order valence-corrected chi connectivity index (χ3v) is 0. The fraction of sp³-hybridized carbons (Fsp3) is 0. The van der Waals surface area contributed by atoms with E-state index >= 15 is 0 Å². The van der Waals surface area contributed by atoms with E-state index in [9.17, 15) is 0 Å². The summed E-state index contributed by atoms with van der Waals surface area (Å²) < 4.78 is 0. The number of hydrogen-bond acceptors (Lipinski definition) is 3. The van der Waals surface area contributed by atoms with Gasteiger partial charge in [-0.05, 0) is 0 Å². The van der Waals surface area contributed by atoms with Crippen LogP contribution in [-0.4, -0.2) is 20.4 Å². The van der Waals surface area contributed by atoms with Crippen LogP contribution in [-0.2, 0) is 30.9 Å². The molecule has 0 aliphatic rings. The summed E-state index contributed by atoms with van der Waals surface area (Å²) in [5.41, 5.74) is 0. The number of carbonyl (C=O) groups excluding carboxylic acids is 3. The van der Waals surface area contributed by atoms with Crippen molar-refractivity contribution < 1.29 is 30.9 Å². The van der Waals surface area contributed by atoms with Crippen molar-refractivity contribution in [1.29, 1.82) is 0 Å². The van der Waals surface area contributed by atoms with E-state index in [1.807, 2.05) is 0 Å². The van der Waals surface area contributed by atoms with Gasteiger partial charge < -0.3 is 0 Å². The summed E-state index contributed by atoms with van der Waals surface area (Å²) >= 11 is 0. The monoisotopic (exact) mass is 142 g/mol. The SMILES string of the molecule is [C]=O.[C]=O.[C]=O.[Ni]. The van der Waals surface area contributed by atoms with Crippen LogP contribution in [0.1, 0.15) is 0 Å². The molecular formula is C3NiO3. The minimum atomic E-state index is 0. The first-order valence-corrected chi connectivity index (χ1v) is 0.612. The molecule has 0 aromatic heterocycles. The van der Waals surface area contributed by atoms with E-state index in [0.29, 0.717) is 0 Å². The van der Waals surface area contributed by atoms with Gasteiger partial charge in [-0.15, -0.1) is 0 Å². The van der Waals surface area contributed by atoms with Gasteiger partial charge in [-0.3, -0.25) is 14.4 Å². The molecule has 0 saturated heterocycles. The Hall–Kier alpha value is -0.496. The number of rotatable bonds is 0. The minimum absolute atomic E-state index is 0. The van der Waals surface area contributed by atoms with Crippen LogP contribution in [0.5, 0.6) is 0 Å². The van der Waals surface area contributed by atoms with E-state index in [4.69, 9.17) is 14.4 Å². The Kier molecular flexibility index (Phi) is 2030.